The Hall–Kier alpha value is 1.42. The summed E-state index contributed by atoms with van der Waals surface area (Å²) in [4.78, 5) is 0. The summed E-state index contributed by atoms with van der Waals surface area (Å²) in [5.41, 5.74) is 0. The third kappa shape index (κ3) is 4.09. The minimum atomic E-state index is -0.383. The fraction of sp³-hybridized carbons (Fsp3) is 1.00. The summed E-state index contributed by atoms with van der Waals surface area (Å²) < 4.78 is 1.61. The summed E-state index contributed by atoms with van der Waals surface area (Å²) in [6.45, 7) is 6.23. The highest BCUT2D eigenvalue weighted by Crippen LogP contribution is 2.25. The van der Waals surface area contributed by atoms with Crippen LogP contribution in [0.5, 0.6) is 0 Å². The number of hydrogen-bond donors (Lipinski definition) is 0. The molecule has 4 unspecified atom stereocenters. The van der Waals surface area contributed by atoms with E-state index >= 15 is 0 Å². The lowest BCUT2D eigenvalue weighted by Gasteiger charge is -2.24. The van der Waals surface area contributed by atoms with Gasteiger partial charge < -0.3 is 0 Å². The summed E-state index contributed by atoms with van der Waals surface area (Å²) in [5.74, 6) is 0.623. The summed E-state index contributed by atoms with van der Waals surface area (Å²) in [6.07, 6.45) is 0.620. The second-order valence-electron chi connectivity index (χ2n) is 3.38. The Bertz CT molecular complexity index is 105. The molecule has 4 atom stereocenters. The molecule has 0 spiro atoms. The van der Waals surface area contributed by atoms with E-state index in [0.717, 1.165) is 10.8 Å². The van der Waals surface area contributed by atoms with Crippen LogP contribution in [0.2, 0.25) is 0 Å². The fourth-order valence-electron chi connectivity index (χ4n) is 1.10. The maximum absolute atomic E-state index is 11.7. The number of alkyl halides is 2. The topological polar surface area (TPSA) is 19.9 Å². The number of halogens is 2. The molecule has 0 aromatic rings. The van der Waals surface area contributed by atoms with Crippen LogP contribution in [0, 0.1) is 11.8 Å². The zero-order valence-electron chi connectivity index (χ0n) is 7.89. The zero-order chi connectivity index (χ0) is 9.72. The molecule has 0 saturated carbocycles. The molecule has 0 aromatic heterocycles. The molecule has 1 nitrogen and oxygen atoms in total. The standard InChI is InChI=1S/C9H17I2O/c1-4-6(2)9(12)7(3)8(11)5-10/h6-9H,4-5H2,1-3H3. The first-order valence-corrected chi connectivity index (χ1v) is 7.17. The van der Waals surface area contributed by atoms with Gasteiger partial charge in [-0.05, 0) is 11.8 Å². The van der Waals surface area contributed by atoms with E-state index in [4.69, 9.17) is 0 Å². The summed E-state index contributed by atoms with van der Waals surface area (Å²) in [6, 6.07) is 0. The summed E-state index contributed by atoms with van der Waals surface area (Å²) in [5, 5.41) is 11.7. The fourth-order valence-corrected chi connectivity index (χ4v) is 2.31. The van der Waals surface area contributed by atoms with E-state index in [1.165, 1.54) is 0 Å². The van der Waals surface area contributed by atoms with Crippen LogP contribution in [0.25, 0.3) is 0 Å². The van der Waals surface area contributed by atoms with Crippen molar-refractivity contribution in [1.29, 1.82) is 0 Å². The zero-order valence-corrected chi connectivity index (χ0v) is 12.2. The molecule has 0 aliphatic rings. The second-order valence-corrected chi connectivity index (χ2v) is 5.86. The third-order valence-corrected chi connectivity index (χ3v) is 6.65. The molecule has 0 aliphatic carbocycles. The van der Waals surface area contributed by atoms with Crippen molar-refractivity contribution < 1.29 is 5.11 Å². The third-order valence-electron chi connectivity index (χ3n) is 2.44. The van der Waals surface area contributed by atoms with E-state index < -0.39 is 0 Å². The molecule has 73 valence electrons. The molecule has 0 bridgehead atoms. The first-order valence-electron chi connectivity index (χ1n) is 4.40. The Morgan fingerprint density at radius 3 is 2.17 bits per heavy atom. The van der Waals surface area contributed by atoms with Gasteiger partial charge in [0.2, 0.25) is 0 Å². The van der Waals surface area contributed by atoms with Crippen molar-refractivity contribution in [2.75, 3.05) is 4.43 Å². The van der Waals surface area contributed by atoms with Crippen LogP contribution < -0.4 is 0 Å². The van der Waals surface area contributed by atoms with Crippen molar-refractivity contribution in [2.24, 2.45) is 11.8 Å². The highest BCUT2D eigenvalue weighted by molar-refractivity contribution is 14.1. The lowest BCUT2D eigenvalue weighted by Crippen LogP contribution is -2.30. The molecule has 1 radical (unpaired) electrons. The quantitative estimate of drug-likeness (QED) is 0.500. The van der Waals surface area contributed by atoms with Crippen LogP contribution in [0.15, 0.2) is 0 Å². The number of rotatable bonds is 5. The predicted molar refractivity (Wildman–Crippen MR) is 69.8 cm³/mol. The van der Waals surface area contributed by atoms with E-state index in [1.54, 1.807) is 0 Å². The first-order chi connectivity index (χ1) is 5.54. The molecule has 0 aromatic carbocycles. The van der Waals surface area contributed by atoms with Crippen LogP contribution in [0.3, 0.4) is 0 Å². The van der Waals surface area contributed by atoms with Crippen LogP contribution in [0.4, 0.5) is 0 Å². The monoisotopic (exact) mass is 395 g/mol. The van der Waals surface area contributed by atoms with Crippen molar-refractivity contribution >= 4 is 45.2 Å². The molecule has 12 heavy (non-hydrogen) atoms. The second kappa shape index (κ2) is 6.81. The Morgan fingerprint density at radius 1 is 1.33 bits per heavy atom. The molecule has 0 saturated heterocycles. The van der Waals surface area contributed by atoms with E-state index in [0.29, 0.717) is 15.8 Å². The van der Waals surface area contributed by atoms with Crippen LogP contribution >= 0.6 is 45.2 Å². The van der Waals surface area contributed by atoms with Gasteiger partial charge in [0.25, 0.3) is 0 Å². The molecule has 0 rings (SSSR count). The van der Waals surface area contributed by atoms with E-state index in [2.05, 4.69) is 66.0 Å². The molecular formula is C9H17I2O. The van der Waals surface area contributed by atoms with E-state index in [-0.39, 0.29) is 6.10 Å². The van der Waals surface area contributed by atoms with Gasteiger partial charge in [0.05, 0.1) is 6.10 Å². The Kier molecular flexibility index (Phi) is 7.62. The van der Waals surface area contributed by atoms with Gasteiger partial charge in [-0.1, -0.05) is 72.4 Å². The normalized spacial score (nSPS) is 21.5. The van der Waals surface area contributed by atoms with Crippen molar-refractivity contribution in [3.63, 3.8) is 0 Å². The van der Waals surface area contributed by atoms with E-state index in [1.807, 2.05) is 0 Å². The highest BCUT2D eigenvalue weighted by Gasteiger charge is 2.26. The van der Waals surface area contributed by atoms with E-state index in [9.17, 15) is 5.11 Å². The van der Waals surface area contributed by atoms with Crippen LogP contribution in [-0.4, -0.2) is 14.5 Å². The van der Waals surface area contributed by atoms with Crippen molar-refractivity contribution in [2.45, 2.75) is 37.2 Å². The van der Waals surface area contributed by atoms with Gasteiger partial charge in [-0.2, -0.15) is 0 Å². The predicted octanol–water partition coefficient (Wildman–Crippen LogP) is 3.71. The van der Waals surface area contributed by atoms with Crippen molar-refractivity contribution in [3.05, 3.63) is 0 Å². The highest BCUT2D eigenvalue weighted by atomic mass is 127. The van der Waals surface area contributed by atoms with Gasteiger partial charge in [-0.3, -0.25) is 0 Å². The maximum Gasteiger partial charge on any atom is 0.0991 e. The summed E-state index contributed by atoms with van der Waals surface area (Å²) in [7, 11) is 0. The Morgan fingerprint density at radius 2 is 1.83 bits per heavy atom. The lowest BCUT2D eigenvalue weighted by atomic mass is 9.90. The van der Waals surface area contributed by atoms with Crippen LogP contribution in [0.1, 0.15) is 27.2 Å². The Labute approximate surface area is 103 Å². The average molecular weight is 395 g/mol. The largest absolute Gasteiger partial charge is 0.232 e. The molecule has 0 heterocycles. The molecule has 0 aliphatic heterocycles. The van der Waals surface area contributed by atoms with Gasteiger partial charge in [0, 0.05) is 8.35 Å². The van der Waals surface area contributed by atoms with Gasteiger partial charge in [0.1, 0.15) is 0 Å². The molecule has 0 fully saturated rings. The minimum absolute atomic E-state index is 0.303. The molecule has 3 heteroatoms. The van der Waals surface area contributed by atoms with Crippen LogP contribution in [-0.2, 0) is 5.11 Å². The smallest absolute Gasteiger partial charge is 0.0991 e. The molecule has 0 amide bonds. The Balaban J connectivity index is 3.99. The minimum Gasteiger partial charge on any atom is -0.232 e. The average Bonchev–Trinajstić information content (AvgIpc) is 2.12. The first kappa shape index (κ1) is 13.4. The maximum atomic E-state index is 11.7. The van der Waals surface area contributed by atoms with Gasteiger partial charge >= 0.3 is 0 Å². The van der Waals surface area contributed by atoms with Gasteiger partial charge in [0.15, 0.2) is 0 Å². The van der Waals surface area contributed by atoms with Crippen molar-refractivity contribution in [3.8, 4) is 0 Å². The lowest BCUT2D eigenvalue weighted by molar-refractivity contribution is 0.00224. The number of hydrogen-bond acceptors (Lipinski definition) is 0. The van der Waals surface area contributed by atoms with Crippen molar-refractivity contribution in [1.82, 2.24) is 0 Å². The molecular weight excluding hydrogens is 378 g/mol. The SMILES string of the molecule is CCC(C)C([O])C(C)C(I)CI. The van der Waals surface area contributed by atoms with Gasteiger partial charge in [-0.25, -0.2) is 5.11 Å². The molecule has 0 N–H and O–H groups in total. The van der Waals surface area contributed by atoms with Gasteiger partial charge in [-0.15, -0.1) is 0 Å². The summed E-state index contributed by atoms with van der Waals surface area (Å²) >= 11 is 4.74.